The van der Waals surface area contributed by atoms with Crippen LogP contribution >= 0.6 is 11.3 Å². The number of ether oxygens (including phenoxy) is 3. The predicted octanol–water partition coefficient (Wildman–Crippen LogP) is 7.79. The maximum absolute atomic E-state index is 14.4. The van der Waals surface area contributed by atoms with Gasteiger partial charge in [0, 0.05) is 46.6 Å². The van der Waals surface area contributed by atoms with E-state index in [-0.39, 0.29) is 17.0 Å². The summed E-state index contributed by atoms with van der Waals surface area (Å²) in [7, 11) is 1.25. The van der Waals surface area contributed by atoms with Crippen molar-refractivity contribution in [1.82, 2.24) is 10.3 Å². The van der Waals surface area contributed by atoms with Gasteiger partial charge in [-0.1, -0.05) is 52.0 Å². The Morgan fingerprint density at radius 3 is 2.52 bits per heavy atom. The zero-order chi connectivity index (χ0) is 35.5. The number of carbonyl (C=O) groups excluding carboxylic acids is 3. The molecule has 1 aliphatic heterocycles. The lowest BCUT2D eigenvalue weighted by atomic mass is 9.93. The lowest BCUT2D eigenvalue weighted by Crippen LogP contribution is -2.26. The van der Waals surface area contributed by atoms with Crippen molar-refractivity contribution in [3.05, 3.63) is 82.0 Å². The predicted molar refractivity (Wildman–Crippen MR) is 197 cm³/mol. The zero-order valence-electron chi connectivity index (χ0n) is 29.1. The molecule has 0 saturated carbocycles. The number of nitrogens with zero attached hydrogens (tertiary/aromatic N) is 1. The minimum Gasteiger partial charge on any atom is -0.493 e. The fourth-order valence-electron chi connectivity index (χ4n) is 5.88. The van der Waals surface area contributed by atoms with E-state index in [0.29, 0.717) is 61.0 Å². The summed E-state index contributed by atoms with van der Waals surface area (Å²) in [6, 6.07) is 14.3. The van der Waals surface area contributed by atoms with Crippen LogP contribution < -0.4 is 25.8 Å². The maximum Gasteiger partial charge on any atom is 0.357 e. The first-order valence-corrected chi connectivity index (χ1v) is 18.3. The Labute approximate surface area is 297 Å². The van der Waals surface area contributed by atoms with E-state index in [1.54, 1.807) is 35.6 Å². The number of nitrogens with one attached hydrogen (secondary N) is 2. The van der Waals surface area contributed by atoms with Crippen LogP contribution in [0.1, 0.15) is 101 Å². The fraction of sp³-hybridized carbons (Fsp3) is 0.385. The molecule has 0 radical (unpaired) electrons. The number of nitrogens with two attached hydrogens (primary N) is 1. The van der Waals surface area contributed by atoms with Crippen LogP contribution in [0.15, 0.2) is 53.9 Å². The molecule has 4 aromatic rings. The summed E-state index contributed by atoms with van der Waals surface area (Å²) < 4.78 is 17.5. The summed E-state index contributed by atoms with van der Waals surface area (Å²) >= 11 is 1.58. The molecule has 0 spiro atoms. The molecule has 0 saturated heterocycles. The number of pyridine rings is 1. The third-order valence-corrected chi connectivity index (χ3v) is 9.59. The lowest BCUT2D eigenvalue weighted by Gasteiger charge is -2.18. The number of carbonyl (C=O) groups is 3. The fourth-order valence-corrected chi connectivity index (χ4v) is 6.86. The molecule has 10 nitrogen and oxygen atoms in total. The van der Waals surface area contributed by atoms with Crippen LogP contribution in [0.5, 0.6) is 11.5 Å². The van der Waals surface area contributed by atoms with Gasteiger partial charge in [-0.25, -0.2) is 9.78 Å². The molecule has 3 heterocycles. The van der Waals surface area contributed by atoms with Crippen LogP contribution in [-0.4, -0.2) is 49.6 Å². The van der Waals surface area contributed by atoms with Gasteiger partial charge in [-0.3, -0.25) is 9.59 Å². The highest BCUT2D eigenvalue weighted by Crippen LogP contribution is 2.43. The highest BCUT2D eigenvalue weighted by atomic mass is 32.1. The Morgan fingerprint density at radius 1 is 0.920 bits per heavy atom. The van der Waals surface area contributed by atoms with Crippen LogP contribution in [0.2, 0.25) is 0 Å². The van der Waals surface area contributed by atoms with Crippen molar-refractivity contribution in [2.45, 2.75) is 71.8 Å². The molecule has 4 N–H and O–H groups in total. The van der Waals surface area contributed by atoms with Gasteiger partial charge in [0.05, 0.1) is 26.0 Å². The number of methoxy groups -OCH3 is 1. The molecule has 5 rings (SSSR count). The first kappa shape index (κ1) is 36.5. The van der Waals surface area contributed by atoms with E-state index in [1.807, 2.05) is 24.4 Å². The van der Waals surface area contributed by atoms with Crippen LogP contribution in [0.25, 0.3) is 21.6 Å². The minimum atomic E-state index is -0.740. The maximum atomic E-state index is 14.4. The van der Waals surface area contributed by atoms with Crippen molar-refractivity contribution < 1.29 is 28.6 Å². The highest BCUT2D eigenvalue weighted by molar-refractivity contribution is 7.13. The van der Waals surface area contributed by atoms with Gasteiger partial charge in [0.15, 0.2) is 5.69 Å². The Morgan fingerprint density at radius 2 is 1.74 bits per heavy atom. The first-order valence-electron chi connectivity index (χ1n) is 17.4. The number of unbranched alkanes of at least 4 members (excludes halogenated alkanes) is 5. The molecule has 50 heavy (non-hydrogen) atoms. The second-order valence-corrected chi connectivity index (χ2v) is 13.1. The zero-order valence-corrected chi connectivity index (χ0v) is 29.9. The number of benzene rings is 2. The molecule has 0 unspecified atom stereocenters. The summed E-state index contributed by atoms with van der Waals surface area (Å²) in [4.78, 5) is 45.9. The quantitative estimate of drug-likeness (QED) is 0.0796. The van der Waals surface area contributed by atoms with Crippen LogP contribution in [0.3, 0.4) is 0 Å². The van der Waals surface area contributed by atoms with Crippen LogP contribution in [0, 0.1) is 0 Å². The Balaban J connectivity index is 1.56. The highest BCUT2D eigenvalue weighted by Gasteiger charge is 2.27. The Bertz CT molecular complexity index is 1820. The van der Waals surface area contributed by atoms with Crippen molar-refractivity contribution in [3.8, 4) is 33.1 Å². The van der Waals surface area contributed by atoms with E-state index < -0.39 is 17.8 Å². The van der Waals surface area contributed by atoms with Gasteiger partial charge in [-0.15, -0.1) is 11.3 Å². The number of hydrogen-bond acceptors (Lipinski definition) is 9. The number of anilines is 1. The SMILES string of the molecule is CCCCCCCCOc1cc(CN)ccc1NC(=O)c1cc2c(cc1-c1ccc(C(=O)NCCC)nc1C(=O)OC)OCCc1ccsc1-2. The van der Waals surface area contributed by atoms with Gasteiger partial charge in [-0.05, 0) is 71.8 Å². The average molecular weight is 699 g/mol. The molecule has 0 bridgehead atoms. The van der Waals surface area contributed by atoms with Crippen molar-refractivity contribution in [2.24, 2.45) is 5.73 Å². The van der Waals surface area contributed by atoms with E-state index in [0.717, 1.165) is 47.3 Å². The van der Waals surface area contributed by atoms with Gasteiger partial charge < -0.3 is 30.6 Å². The number of amides is 2. The number of fused-ring (bicyclic) bond motifs is 3. The second kappa shape index (κ2) is 17.8. The molecule has 0 aliphatic carbocycles. The largest absolute Gasteiger partial charge is 0.493 e. The van der Waals surface area contributed by atoms with Crippen LogP contribution in [0.4, 0.5) is 5.69 Å². The number of esters is 1. The number of hydrogen-bond donors (Lipinski definition) is 3. The molecular weight excluding hydrogens is 653 g/mol. The summed E-state index contributed by atoms with van der Waals surface area (Å²) in [5.41, 5.74) is 10.2. The third-order valence-electron chi connectivity index (χ3n) is 8.60. The summed E-state index contributed by atoms with van der Waals surface area (Å²) in [5.74, 6) is -0.458. The van der Waals surface area contributed by atoms with Crippen molar-refractivity contribution in [3.63, 3.8) is 0 Å². The molecule has 1 aliphatic rings. The van der Waals surface area contributed by atoms with E-state index >= 15 is 0 Å². The van der Waals surface area contributed by atoms with E-state index in [1.165, 1.54) is 32.4 Å². The smallest absolute Gasteiger partial charge is 0.357 e. The standard InChI is InChI=1S/C39H46N4O6S/c1-4-6-7-8-9-10-18-48-34-21-25(24-40)11-13-31(34)43-37(44)29-22-30-33(49-19-15-26-16-20-50-36(26)30)23-28(29)27-12-14-32(38(45)41-17-5-2)42-35(27)39(46)47-3/h11-14,16,20-23H,4-10,15,17-19,24,40H2,1-3H3,(H,41,45)(H,43,44). The number of aromatic nitrogens is 1. The van der Waals surface area contributed by atoms with Gasteiger partial charge in [0.1, 0.15) is 17.2 Å². The topological polar surface area (TPSA) is 142 Å². The first-order chi connectivity index (χ1) is 24.4. The van der Waals surface area contributed by atoms with Crippen molar-refractivity contribution in [2.75, 3.05) is 32.2 Å². The van der Waals surface area contributed by atoms with Crippen LogP contribution in [-0.2, 0) is 17.7 Å². The average Bonchev–Trinajstić information content (AvgIpc) is 3.54. The van der Waals surface area contributed by atoms with E-state index in [4.69, 9.17) is 19.9 Å². The molecule has 0 fully saturated rings. The lowest BCUT2D eigenvalue weighted by molar-refractivity contribution is 0.0594. The van der Waals surface area contributed by atoms with E-state index in [9.17, 15) is 14.4 Å². The van der Waals surface area contributed by atoms with Gasteiger partial charge in [0.2, 0.25) is 0 Å². The second-order valence-electron chi connectivity index (χ2n) is 12.2. The monoisotopic (exact) mass is 698 g/mol. The normalized spacial score (nSPS) is 11.8. The Hall–Kier alpha value is -4.74. The molecule has 2 aromatic heterocycles. The number of thiophene rings is 1. The molecule has 11 heteroatoms. The number of rotatable bonds is 16. The molecule has 264 valence electrons. The minimum absolute atomic E-state index is 0.0648. The van der Waals surface area contributed by atoms with Gasteiger partial charge in [-0.2, -0.15) is 0 Å². The molecule has 2 aromatic carbocycles. The molecular formula is C39H46N4O6S. The van der Waals surface area contributed by atoms with Gasteiger partial charge >= 0.3 is 5.97 Å². The summed E-state index contributed by atoms with van der Waals surface area (Å²) in [6.07, 6.45) is 8.23. The van der Waals surface area contributed by atoms with Crippen molar-refractivity contribution in [1.29, 1.82) is 0 Å². The molecule has 0 atom stereocenters. The van der Waals surface area contributed by atoms with E-state index in [2.05, 4.69) is 28.6 Å². The Kier molecular flexibility index (Phi) is 13.0. The summed E-state index contributed by atoms with van der Waals surface area (Å²) in [5, 5.41) is 7.89. The van der Waals surface area contributed by atoms with Gasteiger partial charge in [0.25, 0.3) is 11.8 Å². The van der Waals surface area contributed by atoms with Crippen molar-refractivity contribution >= 4 is 34.8 Å². The summed E-state index contributed by atoms with van der Waals surface area (Å²) in [6.45, 7) is 5.90. The third kappa shape index (κ3) is 8.70. The molecule has 2 amide bonds.